The largest absolute Gasteiger partial charge is 0.441 e. The third-order valence-electron chi connectivity index (χ3n) is 3.48. The Balaban J connectivity index is 2.20. The SMILES string of the molecule is CN(C)C1(CNCCSC(F)(F)F)CCCC1. The zero-order chi connectivity index (χ0) is 12.9. The highest BCUT2D eigenvalue weighted by Crippen LogP contribution is 2.33. The molecule has 0 spiro atoms. The summed E-state index contributed by atoms with van der Waals surface area (Å²) in [5, 5.41) is 3.16. The highest BCUT2D eigenvalue weighted by molar-refractivity contribution is 8.00. The summed E-state index contributed by atoms with van der Waals surface area (Å²) in [6.45, 7) is 1.21. The van der Waals surface area contributed by atoms with Gasteiger partial charge in [0.05, 0.1) is 0 Å². The number of hydrogen-bond acceptors (Lipinski definition) is 3. The van der Waals surface area contributed by atoms with Crippen molar-refractivity contribution in [1.29, 1.82) is 0 Å². The topological polar surface area (TPSA) is 15.3 Å². The minimum atomic E-state index is -4.10. The Hall–Kier alpha value is 0.0600. The molecule has 2 nitrogen and oxygen atoms in total. The van der Waals surface area contributed by atoms with Crippen molar-refractivity contribution < 1.29 is 13.2 Å². The number of nitrogens with zero attached hydrogens (tertiary/aromatic N) is 1. The van der Waals surface area contributed by atoms with E-state index in [1.165, 1.54) is 12.8 Å². The normalized spacial score (nSPS) is 20.1. The summed E-state index contributed by atoms with van der Waals surface area (Å²) in [7, 11) is 4.11. The van der Waals surface area contributed by atoms with Crippen LogP contribution in [0.1, 0.15) is 25.7 Å². The molecule has 0 aromatic rings. The van der Waals surface area contributed by atoms with Gasteiger partial charge in [-0.1, -0.05) is 12.8 Å². The summed E-state index contributed by atoms with van der Waals surface area (Å²) >= 11 is 0.0473. The van der Waals surface area contributed by atoms with Crippen LogP contribution in [0.25, 0.3) is 0 Å². The van der Waals surface area contributed by atoms with E-state index in [-0.39, 0.29) is 23.1 Å². The van der Waals surface area contributed by atoms with Gasteiger partial charge in [0.1, 0.15) is 0 Å². The highest BCUT2D eigenvalue weighted by atomic mass is 32.2. The minimum absolute atomic E-state index is 0.0473. The monoisotopic (exact) mass is 270 g/mol. The van der Waals surface area contributed by atoms with Gasteiger partial charge >= 0.3 is 5.51 Å². The van der Waals surface area contributed by atoms with Crippen LogP contribution >= 0.6 is 11.8 Å². The van der Waals surface area contributed by atoms with Crippen LogP contribution in [0.15, 0.2) is 0 Å². The molecule has 17 heavy (non-hydrogen) atoms. The predicted molar refractivity (Wildman–Crippen MR) is 66.3 cm³/mol. The zero-order valence-corrected chi connectivity index (χ0v) is 11.3. The van der Waals surface area contributed by atoms with Crippen LogP contribution < -0.4 is 5.32 Å². The van der Waals surface area contributed by atoms with E-state index in [1.54, 1.807) is 0 Å². The molecule has 1 fully saturated rings. The molecule has 0 atom stereocenters. The van der Waals surface area contributed by atoms with Crippen LogP contribution in [-0.4, -0.2) is 48.9 Å². The number of hydrogen-bond donors (Lipinski definition) is 1. The maximum absolute atomic E-state index is 11.9. The molecule has 1 N–H and O–H groups in total. The molecule has 1 aliphatic carbocycles. The molecule has 0 aromatic heterocycles. The number of halogens is 3. The summed E-state index contributed by atoms with van der Waals surface area (Å²) < 4.78 is 35.7. The van der Waals surface area contributed by atoms with Crippen molar-refractivity contribution in [1.82, 2.24) is 10.2 Å². The van der Waals surface area contributed by atoms with Crippen molar-refractivity contribution in [2.45, 2.75) is 36.7 Å². The predicted octanol–water partition coefficient (Wildman–Crippen LogP) is 2.70. The van der Waals surface area contributed by atoms with E-state index in [0.29, 0.717) is 6.54 Å². The first-order valence-corrected chi connectivity index (χ1v) is 6.93. The summed E-state index contributed by atoms with van der Waals surface area (Å²) in [6.07, 6.45) is 4.72. The van der Waals surface area contributed by atoms with E-state index in [2.05, 4.69) is 24.3 Å². The zero-order valence-electron chi connectivity index (χ0n) is 10.4. The van der Waals surface area contributed by atoms with Gasteiger partial charge in [0.25, 0.3) is 0 Å². The Morgan fingerprint density at radius 1 is 1.24 bits per heavy atom. The number of alkyl halides is 3. The van der Waals surface area contributed by atoms with Crippen LogP contribution in [0.5, 0.6) is 0 Å². The van der Waals surface area contributed by atoms with Gasteiger partial charge in [-0.25, -0.2) is 0 Å². The van der Waals surface area contributed by atoms with Crippen molar-refractivity contribution in [3.05, 3.63) is 0 Å². The second-order valence-electron chi connectivity index (χ2n) is 4.80. The summed E-state index contributed by atoms with van der Waals surface area (Å²) in [6, 6.07) is 0. The number of thioether (sulfide) groups is 1. The number of nitrogens with one attached hydrogen (secondary N) is 1. The molecule has 0 bridgehead atoms. The first-order valence-electron chi connectivity index (χ1n) is 5.95. The third-order valence-corrected chi connectivity index (χ3v) is 4.22. The second-order valence-corrected chi connectivity index (χ2v) is 5.96. The van der Waals surface area contributed by atoms with Crippen LogP contribution in [0.4, 0.5) is 13.2 Å². The minimum Gasteiger partial charge on any atom is -0.314 e. The van der Waals surface area contributed by atoms with E-state index in [1.807, 2.05) is 0 Å². The standard InChI is InChI=1S/C11H21F3N2S/c1-16(2)10(5-3-4-6-10)9-15-7-8-17-11(12,13)14/h15H,3-9H2,1-2H3. The van der Waals surface area contributed by atoms with Gasteiger partial charge in [0.15, 0.2) is 0 Å². The third kappa shape index (κ3) is 5.06. The molecule has 0 unspecified atom stereocenters. The molecule has 0 radical (unpaired) electrons. The maximum atomic E-state index is 11.9. The van der Waals surface area contributed by atoms with Crippen molar-refractivity contribution in [3.8, 4) is 0 Å². The maximum Gasteiger partial charge on any atom is 0.441 e. The highest BCUT2D eigenvalue weighted by Gasteiger charge is 2.35. The van der Waals surface area contributed by atoms with Gasteiger partial charge in [-0.15, -0.1) is 0 Å². The number of rotatable bonds is 6. The molecule has 0 saturated heterocycles. The fourth-order valence-electron chi connectivity index (χ4n) is 2.38. The molecule has 1 aliphatic rings. The molecule has 1 rings (SSSR count). The van der Waals surface area contributed by atoms with E-state index in [0.717, 1.165) is 19.4 Å². The average molecular weight is 270 g/mol. The van der Waals surface area contributed by atoms with Crippen molar-refractivity contribution >= 4 is 11.8 Å². The first kappa shape index (κ1) is 15.1. The van der Waals surface area contributed by atoms with E-state index in [4.69, 9.17) is 0 Å². The molecule has 0 heterocycles. The Kier molecular flexibility index (Phi) is 5.60. The Bertz CT molecular complexity index is 225. The van der Waals surface area contributed by atoms with E-state index >= 15 is 0 Å². The van der Waals surface area contributed by atoms with Gasteiger partial charge in [-0.05, 0) is 38.7 Å². The summed E-state index contributed by atoms with van der Waals surface area (Å²) in [4.78, 5) is 2.21. The quantitative estimate of drug-likeness (QED) is 0.747. The lowest BCUT2D eigenvalue weighted by atomic mass is 9.96. The summed E-state index contributed by atoms with van der Waals surface area (Å²) in [5.74, 6) is 0.0903. The molecular weight excluding hydrogens is 249 g/mol. The lowest BCUT2D eigenvalue weighted by Crippen LogP contribution is -2.49. The molecule has 1 saturated carbocycles. The van der Waals surface area contributed by atoms with E-state index in [9.17, 15) is 13.2 Å². The lowest BCUT2D eigenvalue weighted by molar-refractivity contribution is -0.0327. The van der Waals surface area contributed by atoms with Gasteiger partial charge in [0, 0.05) is 24.4 Å². The van der Waals surface area contributed by atoms with Crippen LogP contribution in [0.3, 0.4) is 0 Å². The Morgan fingerprint density at radius 2 is 1.82 bits per heavy atom. The van der Waals surface area contributed by atoms with Crippen molar-refractivity contribution in [2.24, 2.45) is 0 Å². The fourth-order valence-corrected chi connectivity index (χ4v) is 2.85. The van der Waals surface area contributed by atoms with E-state index < -0.39 is 5.51 Å². The first-order chi connectivity index (χ1) is 7.86. The van der Waals surface area contributed by atoms with Crippen LogP contribution in [0.2, 0.25) is 0 Å². The van der Waals surface area contributed by atoms with Crippen LogP contribution in [-0.2, 0) is 0 Å². The Morgan fingerprint density at radius 3 is 2.29 bits per heavy atom. The van der Waals surface area contributed by atoms with Crippen LogP contribution in [0, 0.1) is 0 Å². The van der Waals surface area contributed by atoms with Crippen molar-refractivity contribution in [2.75, 3.05) is 32.9 Å². The second kappa shape index (κ2) is 6.29. The molecule has 0 aliphatic heterocycles. The molecule has 102 valence electrons. The average Bonchev–Trinajstić information content (AvgIpc) is 2.65. The lowest BCUT2D eigenvalue weighted by Gasteiger charge is -2.36. The molecular formula is C11H21F3N2S. The van der Waals surface area contributed by atoms with Gasteiger partial charge < -0.3 is 10.2 Å². The summed E-state index contributed by atoms with van der Waals surface area (Å²) in [5.41, 5.74) is -3.95. The van der Waals surface area contributed by atoms with Gasteiger partial charge in [-0.2, -0.15) is 13.2 Å². The smallest absolute Gasteiger partial charge is 0.314 e. The van der Waals surface area contributed by atoms with Crippen molar-refractivity contribution in [3.63, 3.8) is 0 Å². The molecule has 0 aromatic carbocycles. The molecule has 6 heteroatoms. The number of likely N-dealkylation sites (N-methyl/N-ethyl adjacent to an activating group) is 1. The Labute approximate surface area is 105 Å². The fraction of sp³-hybridized carbons (Fsp3) is 1.00. The van der Waals surface area contributed by atoms with Gasteiger partial charge in [-0.3, -0.25) is 0 Å². The van der Waals surface area contributed by atoms with Gasteiger partial charge in [0.2, 0.25) is 0 Å². The molecule has 0 amide bonds.